The summed E-state index contributed by atoms with van der Waals surface area (Å²) in [4.78, 5) is 0. The minimum Gasteiger partial charge on any atom is -0.457 e. The lowest BCUT2D eigenvalue weighted by Gasteiger charge is -2.34. The highest BCUT2D eigenvalue weighted by Gasteiger charge is 2.33. The molecule has 5 nitrogen and oxygen atoms in total. The maximum atomic E-state index is 12.6. The van der Waals surface area contributed by atoms with Gasteiger partial charge in [0.1, 0.15) is 11.5 Å². The molecule has 0 saturated heterocycles. The maximum Gasteiger partial charge on any atom is 0.416 e. The summed E-state index contributed by atoms with van der Waals surface area (Å²) >= 11 is 0. The molecule has 0 aliphatic carbocycles. The van der Waals surface area contributed by atoms with E-state index in [1.807, 2.05) is 13.0 Å². The van der Waals surface area contributed by atoms with Gasteiger partial charge in [0.25, 0.3) is 10.2 Å². The minimum absolute atomic E-state index is 0.259. The number of halogens is 3. The molecule has 1 atom stereocenters. The first-order chi connectivity index (χ1) is 12.6. The van der Waals surface area contributed by atoms with Crippen molar-refractivity contribution >= 4 is 10.2 Å². The molecule has 0 spiro atoms. The van der Waals surface area contributed by atoms with E-state index in [2.05, 4.69) is 0 Å². The zero-order valence-corrected chi connectivity index (χ0v) is 15.3. The van der Waals surface area contributed by atoms with E-state index in [4.69, 9.17) is 9.88 Å². The molecule has 0 radical (unpaired) electrons. The highest BCUT2D eigenvalue weighted by Crippen LogP contribution is 2.37. The Morgan fingerprint density at radius 2 is 1.78 bits per heavy atom. The zero-order chi connectivity index (χ0) is 19.8. The Hall–Kier alpha value is -2.10. The molecule has 1 aliphatic rings. The van der Waals surface area contributed by atoms with E-state index < -0.39 is 28.0 Å². The van der Waals surface area contributed by atoms with E-state index in [9.17, 15) is 21.6 Å². The molecule has 2 N–H and O–H groups in total. The number of benzene rings is 2. The number of fused-ring (bicyclic) bond motifs is 1. The van der Waals surface area contributed by atoms with E-state index in [0.717, 1.165) is 23.3 Å². The second-order valence-corrected chi connectivity index (χ2v) is 7.81. The largest absolute Gasteiger partial charge is 0.457 e. The summed E-state index contributed by atoms with van der Waals surface area (Å²) in [6.07, 6.45) is -3.34. The molecule has 0 aromatic heterocycles. The van der Waals surface area contributed by atoms with E-state index in [1.54, 1.807) is 12.1 Å². The average Bonchev–Trinajstić information content (AvgIpc) is 2.59. The van der Waals surface area contributed by atoms with Gasteiger partial charge in [0.05, 0.1) is 11.6 Å². The van der Waals surface area contributed by atoms with Gasteiger partial charge in [-0.2, -0.15) is 25.9 Å². The molecule has 3 rings (SSSR count). The van der Waals surface area contributed by atoms with Crippen molar-refractivity contribution in [1.29, 1.82) is 0 Å². The summed E-state index contributed by atoms with van der Waals surface area (Å²) in [5.74, 6) is 0.679. The van der Waals surface area contributed by atoms with Crippen LogP contribution >= 0.6 is 0 Å². The zero-order valence-electron chi connectivity index (χ0n) is 14.5. The topological polar surface area (TPSA) is 72.6 Å². The standard InChI is InChI=1S/C18H19F3N2O3S/c1-2-17-16-11-15(6-3-12(16)9-10-23(17)27(22,24)25)26-14-7-4-13(5-8-14)18(19,20)21/h3-8,11,17H,2,9-10H2,1H3,(H2,22,24,25). The van der Waals surface area contributed by atoms with E-state index in [-0.39, 0.29) is 5.75 Å². The monoisotopic (exact) mass is 400 g/mol. The van der Waals surface area contributed by atoms with Crippen molar-refractivity contribution in [2.45, 2.75) is 32.0 Å². The van der Waals surface area contributed by atoms with Crippen LogP contribution in [0.3, 0.4) is 0 Å². The summed E-state index contributed by atoms with van der Waals surface area (Å²) in [6.45, 7) is 2.17. The van der Waals surface area contributed by atoms with Crippen LogP contribution in [0.2, 0.25) is 0 Å². The van der Waals surface area contributed by atoms with Crippen molar-refractivity contribution in [3.05, 3.63) is 59.2 Å². The minimum atomic E-state index is -4.41. The first-order valence-corrected chi connectivity index (χ1v) is 9.87. The summed E-state index contributed by atoms with van der Waals surface area (Å²) in [6, 6.07) is 9.27. The van der Waals surface area contributed by atoms with Crippen molar-refractivity contribution in [3.8, 4) is 11.5 Å². The lowest BCUT2D eigenvalue weighted by molar-refractivity contribution is -0.137. The van der Waals surface area contributed by atoms with Crippen molar-refractivity contribution in [2.24, 2.45) is 5.14 Å². The molecule has 9 heteroatoms. The summed E-state index contributed by atoms with van der Waals surface area (Å²) in [5.41, 5.74) is 1.04. The highest BCUT2D eigenvalue weighted by molar-refractivity contribution is 7.86. The number of ether oxygens (including phenoxy) is 1. The number of rotatable bonds is 4. The summed E-state index contributed by atoms with van der Waals surface area (Å²) in [7, 11) is -3.83. The first kappa shape index (κ1) is 19.7. The molecular formula is C18H19F3N2O3S. The van der Waals surface area contributed by atoms with E-state index in [1.165, 1.54) is 16.4 Å². The molecule has 0 fully saturated rings. The molecule has 0 amide bonds. The fourth-order valence-electron chi connectivity index (χ4n) is 3.29. The molecule has 0 saturated carbocycles. The third kappa shape index (κ3) is 4.26. The average molecular weight is 400 g/mol. The summed E-state index contributed by atoms with van der Waals surface area (Å²) in [5, 5.41) is 5.32. The Morgan fingerprint density at radius 3 is 2.33 bits per heavy atom. The van der Waals surface area contributed by atoms with Crippen molar-refractivity contribution in [1.82, 2.24) is 4.31 Å². The van der Waals surface area contributed by atoms with Gasteiger partial charge in [0.2, 0.25) is 0 Å². The summed E-state index contributed by atoms with van der Waals surface area (Å²) < 4.78 is 68.5. The Kier molecular flexibility index (Phi) is 5.20. The Labute approximate surface area is 155 Å². The molecular weight excluding hydrogens is 381 g/mol. The van der Waals surface area contributed by atoms with Gasteiger partial charge in [0, 0.05) is 6.54 Å². The van der Waals surface area contributed by atoms with Crippen LogP contribution in [0.1, 0.15) is 36.1 Å². The predicted molar refractivity (Wildman–Crippen MR) is 94.5 cm³/mol. The van der Waals surface area contributed by atoms with Gasteiger partial charge in [0.15, 0.2) is 0 Å². The fourth-order valence-corrected chi connectivity index (χ4v) is 4.26. The van der Waals surface area contributed by atoms with Crippen LogP contribution in [0.15, 0.2) is 42.5 Å². The first-order valence-electron chi connectivity index (χ1n) is 8.37. The number of alkyl halides is 3. The Morgan fingerprint density at radius 1 is 1.15 bits per heavy atom. The van der Waals surface area contributed by atoms with Gasteiger partial charge in [-0.3, -0.25) is 0 Å². The lowest BCUT2D eigenvalue weighted by atomic mass is 9.92. The van der Waals surface area contributed by atoms with Crippen molar-refractivity contribution in [3.63, 3.8) is 0 Å². The SMILES string of the molecule is CCC1c2cc(Oc3ccc(C(F)(F)F)cc3)ccc2CCN1S(N)(=O)=O. The number of nitrogens with zero attached hydrogens (tertiary/aromatic N) is 1. The van der Waals surface area contributed by atoms with Gasteiger partial charge >= 0.3 is 6.18 Å². The molecule has 1 unspecified atom stereocenters. The van der Waals surface area contributed by atoms with Crippen LogP contribution in [-0.4, -0.2) is 19.3 Å². The smallest absolute Gasteiger partial charge is 0.416 e. The second-order valence-electron chi connectivity index (χ2n) is 6.31. The van der Waals surface area contributed by atoms with Crippen LogP contribution < -0.4 is 9.88 Å². The number of nitrogens with two attached hydrogens (primary N) is 1. The molecule has 146 valence electrons. The van der Waals surface area contributed by atoms with Crippen LogP contribution in [0.5, 0.6) is 11.5 Å². The van der Waals surface area contributed by atoms with E-state index >= 15 is 0 Å². The normalized spacial score (nSPS) is 18.2. The van der Waals surface area contributed by atoms with Gasteiger partial charge < -0.3 is 4.74 Å². The van der Waals surface area contributed by atoms with Crippen LogP contribution in [0.25, 0.3) is 0 Å². The lowest BCUT2D eigenvalue weighted by Crippen LogP contribution is -2.43. The quantitative estimate of drug-likeness (QED) is 0.843. The van der Waals surface area contributed by atoms with Crippen LogP contribution in [0.4, 0.5) is 13.2 Å². The van der Waals surface area contributed by atoms with Gasteiger partial charge in [-0.1, -0.05) is 13.0 Å². The number of hydrogen-bond acceptors (Lipinski definition) is 3. The molecule has 2 aromatic rings. The third-order valence-corrected chi connectivity index (χ3v) is 5.65. The molecule has 2 aromatic carbocycles. The van der Waals surface area contributed by atoms with Crippen LogP contribution in [0, 0.1) is 0 Å². The fraction of sp³-hybridized carbons (Fsp3) is 0.333. The van der Waals surface area contributed by atoms with Gasteiger partial charge in [-0.15, -0.1) is 0 Å². The molecule has 27 heavy (non-hydrogen) atoms. The Balaban J connectivity index is 1.87. The molecule has 1 heterocycles. The maximum absolute atomic E-state index is 12.6. The van der Waals surface area contributed by atoms with Crippen molar-refractivity contribution in [2.75, 3.05) is 6.54 Å². The van der Waals surface area contributed by atoms with Crippen molar-refractivity contribution < 1.29 is 26.3 Å². The van der Waals surface area contributed by atoms with E-state index in [0.29, 0.717) is 25.1 Å². The van der Waals surface area contributed by atoms with Gasteiger partial charge in [-0.25, -0.2) is 5.14 Å². The van der Waals surface area contributed by atoms with Gasteiger partial charge in [-0.05, 0) is 60.4 Å². The highest BCUT2D eigenvalue weighted by atomic mass is 32.2. The van der Waals surface area contributed by atoms with Crippen LogP contribution in [-0.2, 0) is 22.8 Å². The predicted octanol–water partition coefficient (Wildman–Crippen LogP) is 4.01. The molecule has 1 aliphatic heterocycles. The molecule has 0 bridgehead atoms. The second kappa shape index (κ2) is 7.14. The Bertz CT molecular complexity index is 928. The third-order valence-electron chi connectivity index (χ3n) is 4.56. The number of hydrogen-bond donors (Lipinski definition) is 1.